The molecule has 0 spiro atoms. The number of nitrogens with one attached hydrogen (secondary N) is 1. The highest BCUT2D eigenvalue weighted by molar-refractivity contribution is 7.86. The van der Waals surface area contributed by atoms with Gasteiger partial charge >= 0.3 is 10.1 Å². The van der Waals surface area contributed by atoms with Gasteiger partial charge in [0.1, 0.15) is 0 Å². The van der Waals surface area contributed by atoms with Crippen LogP contribution in [0, 0.1) is 0 Å². The molecule has 1 aromatic rings. The molecule has 0 unspecified atom stereocenters. The molecule has 0 saturated carbocycles. The van der Waals surface area contributed by atoms with Gasteiger partial charge in [-0.15, -0.1) is 0 Å². The number of aromatic amines is 1. The molecule has 0 atom stereocenters. The number of H-pyrrole nitrogens is 1. The Balaban J connectivity index is 3.65. The first-order chi connectivity index (χ1) is 5.43. The van der Waals surface area contributed by atoms with Crippen LogP contribution in [0.5, 0.6) is 0 Å². The van der Waals surface area contributed by atoms with E-state index < -0.39 is 26.4 Å². The van der Waals surface area contributed by atoms with Crippen molar-refractivity contribution in [3.63, 3.8) is 0 Å². The van der Waals surface area contributed by atoms with Crippen LogP contribution in [-0.2, 0) is 10.1 Å². The van der Waals surface area contributed by atoms with Crippen LogP contribution >= 0.6 is 0 Å². The largest absolute Gasteiger partial charge is 0.382 e. The molecular weight excluding hydrogens is 186 g/mol. The zero-order valence-electron chi connectivity index (χ0n) is 5.68. The number of nitrogens with zero attached hydrogens (tertiary/aromatic N) is 1. The minimum Gasteiger partial charge on any atom is -0.382 e. The van der Waals surface area contributed by atoms with Gasteiger partial charge in [-0.2, -0.15) is 8.42 Å². The summed E-state index contributed by atoms with van der Waals surface area (Å²) in [7, 11) is -4.60. The first-order valence-electron chi connectivity index (χ1n) is 2.73. The second-order valence-electron chi connectivity index (χ2n) is 1.92. The van der Waals surface area contributed by atoms with Crippen LogP contribution in [0.3, 0.4) is 0 Å². The van der Waals surface area contributed by atoms with Crippen LogP contribution in [0.1, 0.15) is 0 Å². The SMILES string of the molecule is Nc1nc[nH]c(=O)c1S(=O)(=O)O. The van der Waals surface area contributed by atoms with Gasteiger partial charge in [-0.1, -0.05) is 0 Å². The van der Waals surface area contributed by atoms with Gasteiger partial charge in [0.2, 0.25) is 4.90 Å². The lowest BCUT2D eigenvalue weighted by Gasteiger charge is -1.97. The maximum Gasteiger partial charge on any atom is 0.303 e. The topological polar surface area (TPSA) is 126 Å². The zero-order valence-corrected chi connectivity index (χ0v) is 6.50. The number of nitrogen functional groups attached to an aromatic ring is 1. The maximum absolute atomic E-state index is 10.8. The van der Waals surface area contributed by atoms with E-state index in [0.29, 0.717) is 0 Å². The summed E-state index contributed by atoms with van der Waals surface area (Å²) in [5.74, 6) is -0.527. The summed E-state index contributed by atoms with van der Waals surface area (Å²) in [5, 5.41) is 0. The molecule has 0 aliphatic carbocycles. The van der Waals surface area contributed by atoms with Crippen LogP contribution in [0.2, 0.25) is 0 Å². The van der Waals surface area contributed by atoms with Crippen molar-refractivity contribution in [2.24, 2.45) is 0 Å². The van der Waals surface area contributed by atoms with Crippen molar-refractivity contribution in [2.75, 3.05) is 5.73 Å². The van der Waals surface area contributed by atoms with Crippen molar-refractivity contribution in [3.8, 4) is 0 Å². The molecule has 0 fully saturated rings. The number of aromatic nitrogens is 2. The van der Waals surface area contributed by atoms with E-state index >= 15 is 0 Å². The number of anilines is 1. The third kappa shape index (κ3) is 1.43. The minimum atomic E-state index is -4.60. The zero-order chi connectivity index (χ0) is 9.35. The fourth-order valence-corrected chi connectivity index (χ4v) is 1.26. The Labute approximate surface area is 67.0 Å². The molecule has 0 saturated heterocycles. The van der Waals surface area contributed by atoms with Crippen molar-refractivity contribution in [1.82, 2.24) is 9.97 Å². The second-order valence-corrected chi connectivity index (χ2v) is 3.28. The van der Waals surface area contributed by atoms with Crippen molar-refractivity contribution >= 4 is 15.9 Å². The van der Waals surface area contributed by atoms with E-state index in [-0.39, 0.29) is 0 Å². The molecule has 0 amide bonds. The molecule has 1 heterocycles. The second kappa shape index (κ2) is 2.57. The highest BCUT2D eigenvalue weighted by Gasteiger charge is 2.19. The summed E-state index contributed by atoms with van der Waals surface area (Å²) in [6, 6.07) is 0. The molecule has 0 aliphatic heterocycles. The Bertz CT molecular complexity index is 448. The predicted molar refractivity (Wildman–Crippen MR) is 39.1 cm³/mol. The van der Waals surface area contributed by atoms with Crippen LogP contribution in [0.15, 0.2) is 16.0 Å². The molecule has 8 heteroatoms. The Kier molecular flexibility index (Phi) is 1.86. The van der Waals surface area contributed by atoms with Crippen LogP contribution < -0.4 is 11.3 Å². The van der Waals surface area contributed by atoms with Gasteiger partial charge in [0, 0.05) is 0 Å². The summed E-state index contributed by atoms with van der Waals surface area (Å²) >= 11 is 0. The molecule has 1 aromatic heterocycles. The molecule has 12 heavy (non-hydrogen) atoms. The lowest BCUT2D eigenvalue weighted by molar-refractivity contribution is 0.482. The van der Waals surface area contributed by atoms with Gasteiger partial charge in [0.05, 0.1) is 6.33 Å². The van der Waals surface area contributed by atoms with E-state index in [4.69, 9.17) is 10.3 Å². The first kappa shape index (κ1) is 8.68. The molecule has 0 radical (unpaired) electrons. The summed E-state index contributed by atoms with van der Waals surface area (Å²) in [6.07, 6.45) is 0.937. The third-order valence-electron chi connectivity index (χ3n) is 1.10. The molecule has 4 N–H and O–H groups in total. The van der Waals surface area contributed by atoms with Crippen molar-refractivity contribution in [3.05, 3.63) is 16.7 Å². The molecular formula is C4H5N3O4S. The Morgan fingerprint density at radius 3 is 2.50 bits per heavy atom. The maximum atomic E-state index is 10.8. The standard InChI is InChI=1S/C4H5N3O4S/c5-3-2(12(9,10)11)4(8)7-1-6-3/h1H,(H,9,10,11)(H3,5,6,7,8). The quantitative estimate of drug-likeness (QED) is 0.468. The Morgan fingerprint density at radius 1 is 1.58 bits per heavy atom. The van der Waals surface area contributed by atoms with Crippen molar-refractivity contribution in [1.29, 1.82) is 0 Å². The van der Waals surface area contributed by atoms with E-state index in [9.17, 15) is 13.2 Å². The summed E-state index contributed by atoms with van der Waals surface area (Å²) in [4.78, 5) is 15.1. The van der Waals surface area contributed by atoms with E-state index in [1.165, 1.54) is 0 Å². The highest BCUT2D eigenvalue weighted by atomic mass is 32.2. The van der Waals surface area contributed by atoms with E-state index in [2.05, 4.69) is 4.98 Å². The Morgan fingerprint density at radius 2 is 2.17 bits per heavy atom. The molecule has 0 aliphatic rings. The fourth-order valence-electron chi connectivity index (χ4n) is 0.650. The molecule has 66 valence electrons. The van der Waals surface area contributed by atoms with Gasteiger partial charge in [-0.3, -0.25) is 9.35 Å². The number of rotatable bonds is 1. The minimum absolute atomic E-state index is 0.527. The number of nitrogens with two attached hydrogens (primary N) is 1. The molecule has 0 aromatic carbocycles. The fraction of sp³-hybridized carbons (Fsp3) is 0. The monoisotopic (exact) mass is 191 g/mol. The molecule has 0 bridgehead atoms. The first-order valence-corrected chi connectivity index (χ1v) is 4.17. The van der Waals surface area contributed by atoms with E-state index in [1.807, 2.05) is 4.98 Å². The van der Waals surface area contributed by atoms with Crippen molar-refractivity contribution < 1.29 is 13.0 Å². The summed E-state index contributed by atoms with van der Waals surface area (Å²) < 4.78 is 29.5. The lowest BCUT2D eigenvalue weighted by atomic mass is 10.6. The van der Waals surface area contributed by atoms with Gasteiger partial charge in [0.15, 0.2) is 5.82 Å². The van der Waals surface area contributed by atoms with E-state index in [0.717, 1.165) is 6.33 Å². The lowest BCUT2D eigenvalue weighted by Crippen LogP contribution is -2.20. The number of hydrogen-bond donors (Lipinski definition) is 3. The summed E-state index contributed by atoms with van der Waals surface area (Å²) in [6.45, 7) is 0. The van der Waals surface area contributed by atoms with Gasteiger partial charge in [0.25, 0.3) is 5.56 Å². The number of hydrogen-bond acceptors (Lipinski definition) is 5. The van der Waals surface area contributed by atoms with Crippen LogP contribution in [-0.4, -0.2) is 22.9 Å². The highest BCUT2D eigenvalue weighted by Crippen LogP contribution is 2.06. The smallest absolute Gasteiger partial charge is 0.303 e. The normalized spacial score (nSPS) is 11.4. The van der Waals surface area contributed by atoms with Crippen molar-refractivity contribution in [2.45, 2.75) is 4.90 Å². The van der Waals surface area contributed by atoms with E-state index in [1.54, 1.807) is 0 Å². The average Bonchev–Trinajstić information content (AvgIpc) is 1.82. The van der Waals surface area contributed by atoms with Gasteiger partial charge < -0.3 is 10.7 Å². The van der Waals surface area contributed by atoms with Crippen LogP contribution in [0.4, 0.5) is 5.82 Å². The Hall–Kier alpha value is -1.41. The van der Waals surface area contributed by atoms with Gasteiger partial charge in [-0.25, -0.2) is 4.98 Å². The molecule has 1 rings (SSSR count). The predicted octanol–water partition coefficient (Wildman–Crippen LogP) is -1.40. The van der Waals surface area contributed by atoms with Crippen LogP contribution in [0.25, 0.3) is 0 Å². The van der Waals surface area contributed by atoms with Gasteiger partial charge in [-0.05, 0) is 0 Å². The third-order valence-corrected chi connectivity index (χ3v) is 2.01. The average molecular weight is 191 g/mol. The summed E-state index contributed by atoms with van der Waals surface area (Å²) in [5.41, 5.74) is 4.04. The molecule has 7 nitrogen and oxygen atoms in total.